The molecule has 1 amide bonds. The van der Waals surface area contributed by atoms with Crippen LogP contribution in [-0.2, 0) is 9.53 Å². The summed E-state index contributed by atoms with van der Waals surface area (Å²) in [6.07, 6.45) is 6.38. The van der Waals surface area contributed by atoms with Crippen molar-refractivity contribution in [3.63, 3.8) is 0 Å². The Bertz CT molecular complexity index is 710. The van der Waals surface area contributed by atoms with Gasteiger partial charge in [-0.2, -0.15) is 0 Å². The number of aliphatic imine (C=N–C) groups is 1. The minimum absolute atomic E-state index is 0. The van der Waals surface area contributed by atoms with Gasteiger partial charge in [-0.3, -0.25) is 9.79 Å². The lowest BCUT2D eigenvalue weighted by molar-refractivity contribution is -0.135. The van der Waals surface area contributed by atoms with Crippen LogP contribution in [0.5, 0.6) is 0 Å². The van der Waals surface area contributed by atoms with Crippen LogP contribution in [0.15, 0.2) is 29.3 Å². The Morgan fingerprint density at radius 1 is 1.23 bits per heavy atom. The van der Waals surface area contributed by atoms with Crippen molar-refractivity contribution in [1.29, 1.82) is 0 Å². The van der Waals surface area contributed by atoms with Gasteiger partial charge in [-0.15, -0.1) is 24.0 Å². The largest absolute Gasteiger partial charge is 0.375 e. The Morgan fingerprint density at radius 2 is 1.94 bits per heavy atom. The van der Waals surface area contributed by atoms with Crippen LogP contribution in [0.3, 0.4) is 0 Å². The first-order valence-corrected chi connectivity index (χ1v) is 11.2. The van der Waals surface area contributed by atoms with Gasteiger partial charge < -0.3 is 20.3 Å². The van der Waals surface area contributed by atoms with Crippen molar-refractivity contribution >= 4 is 35.8 Å². The smallest absolute Gasteiger partial charge is 0.225 e. The summed E-state index contributed by atoms with van der Waals surface area (Å²) in [6, 6.07) is 6.52. The van der Waals surface area contributed by atoms with Gasteiger partial charge in [0.25, 0.3) is 0 Å². The fourth-order valence-corrected chi connectivity index (χ4v) is 4.37. The summed E-state index contributed by atoms with van der Waals surface area (Å²) in [4.78, 5) is 19.5. The molecule has 0 aromatic heterocycles. The number of hydrogen-bond donors (Lipinski definition) is 2. The van der Waals surface area contributed by atoms with E-state index in [1.807, 2.05) is 11.8 Å². The molecule has 174 valence electrons. The number of amides is 1. The normalized spacial score (nSPS) is 20.8. The number of likely N-dealkylation sites (tertiary alicyclic amines) is 1. The number of benzene rings is 1. The number of ether oxygens (including phenoxy) is 1. The van der Waals surface area contributed by atoms with Crippen LogP contribution in [0.25, 0.3) is 0 Å². The van der Waals surface area contributed by atoms with E-state index in [2.05, 4.69) is 15.6 Å². The molecule has 1 heterocycles. The van der Waals surface area contributed by atoms with Crippen molar-refractivity contribution in [3.05, 3.63) is 35.6 Å². The van der Waals surface area contributed by atoms with Crippen LogP contribution in [0.4, 0.5) is 4.39 Å². The summed E-state index contributed by atoms with van der Waals surface area (Å²) >= 11 is 0. The minimum atomic E-state index is -0.263. The number of methoxy groups -OCH3 is 1. The summed E-state index contributed by atoms with van der Waals surface area (Å²) in [5.74, 6) is 1.01. The molecule has 6 nitrogen and oxygen atoms in total. The third-order valence-electron chi connectivity index (χ3n) is 6.08. The van der Waals surface area contributed by atoms with E-state index in [0.717, 1.165) is 50.4 Å². The molecule has 0 spiro atoms. The molecular weight excluding hydrogens is 510 g/mol. The Kier molecular flexibility index (Phi) is 11.0. The van der Waals surface area contributed by atoms with Crippen LogP contribution in [0, 0.1) is 11.7 Å². The van der Waals surface area contributed by atoms with Gasteiger partial charge in [-0.1, -0.05) is 31.4 Å². The van der Waals surface area contributed by atoms with Gasteiger partial charge in [0.1, 0.15) is 11.9 Å². The molecule has 2 atom stereocenters. The molecule has 3 rings (SSSR count). The van der Waals surface area contributed by atoms with Gasteiger partial charge >= 0.3 is 0 Å². The quantitative estimate of drug-likeness (QED) is 0.310. The average molecular weight is 546 g/mol. The predicted octanol–water partition coefficient (Wildman–Crippen LogP) is 3.87. The monoisotopic (exact) mass is 546 g/mol. The van der Waals surface area contributed by atoms with E-state index >= 15 is 0 Å². The van der Waals surface area contributed by atoms with Crippen molar-refractivity contribution in [2.75, 3.05) is 33.3 Å². The van der Waals surface area contributed by atoms with Gasteiger partial charge in [0.15, 0.2) is 5.96 Å². The second kappa shape index (κ2) is 13.2. The van der Waals surface area contributed by atoms with Crippen LogP contribution in [0.1, 0.15) is 57.1 Å². The number of nitrogens with one attached hydrogen (secondary N) is 2. The maximum atomic E-state index is 13.2. The summed E-state index contributed by atoms with van der Waals surface area (Å²) < 4.78 is 18.7. The Hall–Kier alpha value is -1.42. The van der Waals surface area contributed by atoms with Gasteiger partial charge in [0.2, 0.25) is 5.91 Å². The van der Waals surface area contributed by atoms with Gasteiger partial charge in [0, 0.05) is 38.7 Å². The number of guanidine groups is 1. The molecule has 8 heteroatoms. The first kappa shape index (κ1) is 25.8. The third kappa shape index (κ3) is 7.59. The molecule has 1 aliphatic heterocycles. The maximum absolute atomic E-state index is 13.2. The first-order chi connectivity index (χ1) is 14.6. The van der Waals surface area contributed by atoms with Crippen LogP contribution < -0.4 is 10.6 Å². The van der Waals surface area contributed by atoms with Crippen LogP contribution in [0.2, 0.25) is 0 Å². The standard InChI is InChI=1S/C23H35FN4O2.HI/c1-3-25-23(26-15-21(30-2)17-9-11-19(24)12-10-17)27-20-13-14-28(16-20)22(29)18-7-5-4-6-8-18;/h9-12,18,20-21H,3-8,13-16H2,1-2H3,(H2,25,26,27);1H. The zero-order valence-corrected chi connectivity index (χ0v) is 20.9. The van der Waals surface area contributed by atoms with E-state index in [1.165, 1.54) is 31.4 Å². The fourth-order valence-electron chi connectivity index (χ4n) is 4.37. The van der Waals surface area contributed by atoms with Crippen molar-refractivity contribution in [2.24, 2.45) is 10.9 Å². The summed E-state index contributed by atoms with van der Waals surface area (Å²) in [5.41, 5.74) is 0.892. The van der Waals surface area contributed by atoms with Gasteiger partial charge in [-0.05, 0) is 43.9 Å². The highest BCUT2D eigenvalue weighted by Gasteiger charge is 2.31. The molecule has 2 aliphatic rings. The SMILES string of the molecule is CCNC(=NCC(OC)c1ccc(F)cc1)NC1CCN(C(=O)C2CCCCC2)C1.I. The van der Waals surface area contributed by atoms with Crippen molar-refractivity contribution in [2.45, 2.75) is 57.6 Å². The van der Waals surface area contributed by atoms with Crippen LogP contribution in [-0.4, -0.2) is 56.1 Å². The van der Waals surface area contributed by atoms with Crippen molar-refractivity contribution < 1.29 is 13.9 Å². The number of hydrogen-bond acceptors (Lipinski definition) is 3. The summed E-state index contributed by atoms with van der Waals surface area (Å²) in [7, 11) is 1.63. The number of halogens is 2. The number of carbonyl (C=O) groups excluding carboxylic acids is 1. The topological polar surface area (TPSA) is 66.0 Å². The molecule has 1 saturated heterocycles. The molecule has 2 fully saturated rings. The molecule has 1 saturated carbocycles. The third-order valence-corrected chi connectivity index (χ3v) is 6.08. The van der Waals surface area contributed by atoms with Crippen LogP contribution >= 0.6 is 24.0 Å². The van der Waals surface area contributed by atoms with E-state index in [1.54, 1.807) is 19.2 Å². The number of carbonyl (C=O) groups is 1. The molecular formula is C23H36FIN4O2. The van der Waals surface area contributed by atoms with E-state index < -0.39 is 0 Å². The predicted molar refractivity (Wildman–Crippen MR) is 132 cm³/mol. The van der Waals surface area contributed by atoms with E-state index in [9.17, 15) is 9.18 Å². The Morgan fingerprint density at radius 3 is 2.58 bits per heavy atom. The minimum Gasteiger partial charge on any atom is -0.375 e. The van der Waals surface area contributed by atoms with Crippen molar-refractivity contribution in [3.8, 4) is 0 Å². The zero-order valence-electron chi connectivity index (χ0n) is 18.6. The maximum Gasteiger partial charge on any atom is 0.225 e. The lowest BCUT2D eigenvalue weighted by Crippen LogP contribution is -2.45. The Labute approximate surface area is 202 Å². The number of rotatable bonds is 7. The zero-order chi connectivity index (χ0) is 21.3. The first-order valence-electron chi connectivity index (χ1n) is 11.2. The summed E-state index contributed by atoms with van der Waals surface area (Å²) in [5, 5.41) is 6.75. The van der Waals surface area contributed by atoms with Gasteiger partial charge in [0.05, 0.1) is 6.54 Å². The second-order valence-corrected chi connectivity index (χ2v) is 8.24. The Balaban J connectivity index is 0.00000341. The molecule has 0 radical (unpaired) electrons. The molecule has 2 unspecified atom stereocenters. The molecule has 2 N–H and O–H groups in total. The highest BCUT2D eigenvalue weighted by Crippen LogP contribution is 2.26. The lowest BCUT2D eigenvalue weighted by atomic mass is 9.88. The van der Waals surface area contributed by atoms with E-state index in [0.29, 0.717) is 12.5 Å². The highest BCUT2D eigenvalue weighted by atomic mass is 127. The molecule has 1 aliphatic carbocycles. The fraction of sp³-hybridized carbons (Fsp3) is 0.652. The highest BCUT2D eigenvalue weighted by molar-refractivity contribution is 14.0. The van der Waals surface area contributed by atoms with E-state index in [4.69, 9.17) is 4.74 Å². The van der Waals surface area contributed by atoms with Gasteiger partial charge in [-0.25, -0.2) is 4.39 Å². The van der Waals surface area contributed by atoms with E-state index in [-0.39, 0.29) is 47.9 Å². The summed E-state index contributed by atoms with van der Waals surface area (Å²) in [6.45, 7) is 4.74. The van der Waals surface area contributed by atoms with Crippen molar-refractivity contribution in [1.82, 2.24) is 15.5 Å². The number of nitrogens with zero attached hydrogens (tertiary/aromatic N) is 2. The molecule has 0 bridgehead atoms. The molecule has 1 aromatic carbocycles. The second-order valence-electron chi connectivity index (χ2n) is 8.24. The molecule has 31 heavy (non-hydrogen) atoms. The average Bonchev–Trinajstić information content (AvgIpc) is 3.24. The molecule has 1 aromatic rings. The lowest BCUT2D eigenvalue weighted by Gasteiger charge is -2.26.